The third kappa shape index (κ3) is 4.39. The van der Waals surface area contributed by atoms with Gasteiger partial charge in [-0.1, -0.05) is 35.9 Å². The van der Waals surface area contributed by atoms with Gasteiger partial charge in [0.25, 0.3) is 0 Å². The molecule has 2 aliphatic rings. The first-order valence-corrected chi connectivity index (χ1v) is 11.7. The molecule has 30 heavy (non-hydrogen) atoms. The minimum absolute atomic E-state index is 0.0762. The highest BCUT2D eigenvalue weighted by atomic mass is 35.5. The van der Waals surface area contributed by atoms with Crippen LogP contribution in [0.3, 0.4) is 0 Å². The summed E-state index contributed by atoms with van der Waals surface area (Å²) in [7, 11) is -3.48. The first-order valence-electron chi connectivity index (χ1n) is 9.63. The zero-order valence-corrected chi connectivity index (χ0v) is 17.7. The molecular formula is C21H21ClN4O3S. The second kappa shape index (κ2) is 8.20. The number of nitrogens with zero attached hydrogens (tertiary/aromatic N) is 2. The normalized spacial score (nSPS) is 19.6. The largest absolute Gasteiger partial charge is 0.369 e. The van der Waals surface area contributed by atoms with Crippen LogP contribution in [0, 0.1) is 0 Å². The standard InChI is InChI=1S/C21H21ClN4O3S/c22-15-4-1-3-14(12-15)20-25-17-5-2-10-30(28,29)19(17)21(26-20)24-16-8-6-13(7-9-16)11-18(23)27/h1,4,6-9,12,14H,2-3,5,10-11H2,(H2,23,27)(H,24,25,26). The minimum Gasteiger partial charge on any atom is -0.369 e. The van der Waals surface area contributed by atoms with Gasteiger partial charge in [0.2, 0.25) is 5.91 Å². The Labute approximate surface area is 180 Å². The molecule has 2 aromatic rings. The number of allylic oxidation sites excluding steroid dienone is 4. The van der Waals surface area contributed by atoms with Gasteiger partial charge in [-0.05, 0) is 43.0 Å². The van der Waals surface area contributed by atoms with Gasteiger partial charge in [-0.15, -0.1) is 0 Å². The van der Waals surface area contributed by atoms with E-state index in [0.717, 1.165) is 5.56 Å². The van der Waals surface area contributed by atoms with E-state index in [1.54, 1.807) is 24.3 Å². The van der Waals surface area contributed by atoms with Crippen molar-refractivity contribution in [1.82, 2.24) is 9.97 Å². The Morgan fingerprint density at radius 2 is 2.00 bits per heavy atom. The van der Waals surface area contributed by atoms with E-state index in [1.165, 1.54) is 0 Å². The maximum Gasteiger partial charge on any atom is 0.221 e. The molecule has 0 saturated heterocycles. The van der Waals surface area contributed by atoms with E-state index in [2.05, 4.69) is 15.3 Å². The highest BCUT2D eigenvalue weighted by Crippen LogP contribution is 2.34. The molecule has 9 heteroatoms. The number of fused-ring (bicyclic) bond motifs is 1. The Hall–Kier alpha value is -2.71. The van der Waals surface area contributed by atoms with Crippen molar-refractivity contribution in [2.24, 2.45) is 5.73 Å². The highest BCUT2D eigenvalue weighted by molar-refractivity contribution is 7.91. The molecule has 0 saturated carbocycles. The Balaban J connectivity index is 1.74. The summed E-state index contributed by atoms with van der Waals surface area (Å²) in [6, 6.07) is 7.07. The molecule has 156 valence electrons. The monoisotopic (exact) mass is 444 g/mol. The zero-order valence-electron chi connectivity index (χ0n) is 16.1. The number of sulfone groups is 1. The Kier molecular flexibility index (Phi) is 5.62. The number of hydrogen-bond donors (Lipinski definition) is 2. The van der Waals surface area contributed by atoms with Gasteiger partial charge in [0.05, 0.1) is 17.9 Å². The number of primary amides is 1. The van der Waals surface area contributed by atoms with Gasteiger partial charge < -0.3 is 11.1 Å². The molecule has 0 bridgehead atoms. The van der Waals surface area contributed by atoms with E-state index in [0.29, 0.717) is 41.5 Å². The summed E-state index contributed by atoms with van der Waals surface area (Å²) in [4.78, 5) is 20.4. The van der Waals surface area contributed by atoms with Crippen LogP contribution in [-0.2, 0) is 27.5 Å². The Bertz CT molecular complexity index is 1160. The van der Waals surface area contributed by atoms with Crippen molar-refractivity contribution >= 4 is 38.9 Å². The molecule has 1 aromatic carbocycles. The SMILES string of the molecule is NC(=O)Cc1ccc(Nc2nc(C3C=C(Cl)C=CC3)nc3c2S(=O)(=O)CCC3)cc1. The third-order valence-corrected chi connectivity index (χ3v) is 7.17. The first-order chi connectivity index (χ1) is 14.3. The minimum atomic E-state index is -3.48. The van der Waals surface area contributed by atoms with Crippen LogP contribution < -0.4 is 11.1 Å². The quantitative estimate of drug-likeness (QED) is 0.732. The van der Waals surface area contributed by atoms with Gasteiger partial charge in [-0.25, -0.2) is 18.4 Å². The number of anilines is 2. The molecule has 3 N–H and O–H groups in total. The van der Waals surface area contributed by atoms with Crippen LogP contribution in [0.25, 0.3) is 0 Å². The number of nitrogens with one attached hydrogen (secondary N) is 1. The summed E-state index contributed by atoms with van der Waals surface area (Å²) in [5.41, 5.74) is 7.21. The molecular weight excluding hydrogens is 424 g/mol. The summed E-state index contributed by atoms with van der Waals surface area (Å²) >= 11 is 6.14. The van der Waals surface area contributed by atoms with Gasteiger partial charge >= 0.3 is 0 Å². The molecule has 1 aromatic heterocycles. The van der Waals surface area contributed by atoms with E-state index in [-0.39, 0.29) is 28.8 Å². The predicted molar refractivity (Wildman–Crippen MR) is 115 cm³/mol. The lowest BCUT2D eigenvalue weighted by Gasteiger charge is -2.22. The van der Waals surface area contributed by atoms with Crippen LogP contribution in [0.15, 0.2) is 52.4 Å². The first kappa shape index (κ1) is 20.6. The topological polar surface area (TPSA) is 115 Å². The molecule has 1 aliphatic carbocycles. The molecule has 1 unspecified atom stereocenters. The lowest BCUT2D eigenvalue weighted by molar-refractivity contribution is -0.117. The van der Waals surface area contributed by atoms with Crippen LogP contribution in [0.5, 0.6) is 0 Å². The summed E-state index contributed by atoms with van der Waals surface area (Å²) in [5, 5.41) is 3.75. The molecule has 0 fully saturated rings. The number of hydrogen-bond acceptors (Lipinski definition) is 6. The third-order valence-electron chi connectivity index (χ3n) is 5.04. The van der Waals surface area contributed by atoms with Gasteiger partial charge in [0.1, 0.15) is 10.7 Å². The molecule has 2 heterocycles. The zero-order chi connectivity index (χ0) is 21.3. The smallest absolute Gasteiger partial charge is 0.221 e. The number of benzene rings is 1. The molecule has 0 radical (unpaired) electrons. The molecule has 1 atom stereocenters. The number of aryl methyl sites for hydroxylation is 1. The maximum absolute atomic E-state index is 12.8. The Morgan fingerprint density at radius 3 is 2.70 bits per heavy atom. The van der Waals surface area contributed by atoms with Gasteiger partial charge in [-0.3, -0.25) is 4.79 Å². The average Bonchev–Trinajstić information content (AvgIpc) is 2.68. The lowest BCUT2D eigenvalue weighted by Crippen LogP contribution is -2.22. The van der Waals surface area contributed by atoms with E-state index >= 15 is 0 Å². The summed E-state index contributed by atoms with van der Waals surface area (Å²) in [6.45, 7) is 0. The van der Waals surface area contributed by atoms with E-state index in [1.807, 2.05) is 18.2 Å². The van der Waals surface area contributed by atoms with Gasteiger partial charge in [0, 0.05) is 16.6 Å². The van der Waals surface area contributed by atoms with Crippen LogP contribution in [0.4, 0.5) is 11.5 Å². The van der Waals surface area contributed by atoms with Crippen LogP contribution in [0.2, 0.25) is 0 Å². The fourth-order valence-corrected chi connectivity index (χ4v) is 5.53. The average molecular weight is 445 g/mol. The van der Waals surface area contributed by atoms with Crippen molar-refractivity contribution in [3.8, 4) is 0 Å². The number of nitrogens with two attached hydrogens (primary N) is 1. The predicted octanol–water partition coefficient (Wildman–Crippen LogP) is 3.13. The van der Waals surface area contributed by atoms with E-state index in [9.17, 15) is 13.2 Å². The lowest BCUT2D eigenvalue weighted by atomic mass is 9.99. The number of amides is 1. The van der Waals surface area contributed by atoms with Crippen LogP contribution in [0.1, 0.15) is 35.8 Å². The fourth-order valence-electron chi connectivity index (χ4n) is 3.66. The molecule has 4 rings (SSSR count). The molecule has 0 spiro atoms. The molecule has 1 amide bonds. The number of carbonyl (C=O) groups is 1. The van der Waals surface area contributed by atoms with Gasteiger partial charge in [0.15, 0.2) is 15.7 Å². The fraction of sp³-hybridized carbons (Fsp3) is 0.286. The van der Waals surface area contributed by atoms with Crippen LogP contribution >= 0.6 is 11.6 Å². The van der Waals surface area contributed by atoms with Crippen molar-refractivity contribution in [2.75, 3.05) is 11.1 Å². The highest BCUT2D eigenvalue weighted by Gasteiger charge is 2.31. The maximum atomic E-state index is 12.8. The second-order valence-corrected chi connectivity index (χ2v) is 9.87. The molecule has 7 nitrogen and oxygen atoms in total. The number of carbonyl (C=O) groups excluding carboxylic acids is 1. The summed E-state index contributed by atoms with van der Waals surface area (Å²) in [5.74, 6) is 0.366. The number of halogens is 1. The molecule has 1 aliphatic heterocycles. The van der Waals surface area contributed by atoms with Crippen molar-refractivity contribution < 1.29 is 13.2 Å². The Morgan fingerprint density at radius 1 is 1.23 bits per heavy atom. The summed E-state index contributed by atoms with van der Waals surface area (Å²) in [6.07, 6.45) is 7.62. The van der Waals surface area contributed by atoms with Crippen LogP contribution in [-0.4, -0.2) is 30.0 Å². The summed E-state index contributed by atoms with van der Waals surface area (Å²) < 4.78 is 25.6. The van der Waals surface area contributed by atoms with E-state index < -0.39 is 15.7 Å². The van der Waals surface area contributed by atoms with Crippen molar-refractivity contribution in [1.29, 1.82) is 0 Å². The number of aromatic nitrogens is 2. The number of rotatable bonds is 5. The van der Waals surface area contributed by atoms with Crippen molar-refractivity contribution in [2.45, 2.75) is 36.5 Å². The van der Waals surface area contributed by atoms with Crippen molar-refractivity contribution in [3.05, 3.63) is 64.6 Å². The van der Waals surface area contributed by atoms with E-state index in [4.69, 9.17) is 17.3 Å². The second-order valence-electron chi connectivity index (χ2n) is 7.39. The van der Waals surface area contributed by atoms with Gasteiger partial charge in [-0.2, -0.15) is 0 Å². The van der Waals surface area contributed by atoms with Crippen molar-refractivity contribution in [3.63, 3.8) is 0 Å².